The highest BCUT2D eigenvalue weighted by Crippen LogP contribution is 2.17. The van der Waals surface area contributed by atoms with Crippen LogP contribution in [-0.2, 0) is 9.53 Å². The van der Waals surface area contributed by atoms with Gasteiger partial charge in [-0.2, -0.15) is 5.10 Å². The van der Waals surface area contributed by atoms with Crippen molar-refractivity contribution in [3.05, 3.63) is 47.7 Å². The summed E-state index contributed by atoms with van der Waals surface area (Å²) in [6, 6.07) is 9.73. The average molecular weight is 272 g/mol. The van der Waals surface area contributed by atoms with Gasteiger partial charge in [0.2, 0.25) is 0 Å². The molecule has 4 nitrogen and oxygen atoms in total. The third kappa shape index (κ3) is 4.53. The van der Waals surface area contributed by atoms with E-state index in [0.29, 0.717) is 0 Å². The predicted molar refractivity (Wildman–Crippen MR) is 79.3 cm³/mol. The Bertz CT molecular complexity index is 506. The molecule has 0 fully saturated rings. The minimum Gasteiger partial charge on any atom is -0.488 e. The van der Waals surface area contributed by atoms with Gasteiger partial charge < -0.3 is 4.74 Å². The van der Waals surface area contributed by atoms with Crippen molar-refractivity contribution in [1.29, 1.82) is 0 Å². The van der Waals surface area contributed by atoms with Crippen molar-refractivity contribution in [2.45, 2.75) is 32.6 Å². The summed E-state index contributed by atoms with van der Waals surface area (Å²) in [7, 11) is 0. The fourth-order valence-corrected chi connectivity index (χ4v) is 2.02. The quantitative estimate of drug-likeness (QED) is 0.661. The first-order valence-corrected chi connectivity index (χ1v) is 6.96. The molecule has 0 unspecified atom stereocenters. The number of nitrogens with zero attached hydrogens (tertiary/aromatic N) is 1. The van der Waals surface area contributed by atoms with E-state index in [0.717, 1.165) is 36.3 Å². The van der Waals surface area contributed by atoms with Gasteiger partial charge in [-0.3, -0.25) is 4.79 Å². The average Bonchev–Trinajstić information content (AvgIpc) is 2.52. The van der Waals surface area contributed by atoms with E-state index in [4.69, 9.17) is 4.74 Å². The molecule has 1 aromatic carbocycles. The second-order valence-electron chi connectivity index (χ2n) is 4.80. The first kappa shape index (κ1) is 14.3. The molecule has 1 aliphatic rings. The Morgan fingerprint density at radius 1 is 1.30 bits per heavy atom. The second-order valence-corrected chi connectivity index (χ2v) is 4.80. The summed E-state index contributed by atoms with van der Waals surface area (Å²) in [5.41, 5.74) is 4.28. The van der Waals surface area contributed by atoms with Crippen molar-refractivity contribution >= 4 is 11.6 Å². The van der Waals surface area contributed by atoms with E-state index in [1.807, 2.05) is 37.3 Å². The van der Waals surface area contributed by atoms with Crippen LogP contribution >= 0.6 is 0 Å². The maximum Gasteiger partial charge on any atom is 0.277 e. The van der Waals surface area contributed by atoms with E-state index in [-0.39, 0.29) is 12.5 Å². The first-order valence-electron chi connectivity index (χ1n) is 6.96. The zero-order valence-corrected chi connectivity index (χ0v) is 11.8. The lowest BCUT2D eigenvalue weighted by Gasteiger charge is -2.13. The summed E-state index contributed by atoms with van der Waals surface area (Å²) >= 11 is 0. The van der Waals surface area contributed by atoms with Crippen molar-refractivity contribution in [1.82, 2.24) is 5.43 Å². The topological polar surface area (TPSA) is 50.7 Å². The van der Waals surface area contributed by atoms with E-state index in [2.05, 4.69) is 16.6 Å². The molecule has 0 saturated carbocycles. The third-order valence-electron chi connectivity index (χ3n) is 3.18. The van der Waals surface area contributed by atoms with Gasteiger partial charge in [0.25, 0.3) is 5.91 Å². The molecule has 0 aromatic heterocycles. The maximum absolute atomic E-state index is 11.7. The van der Waals surface area contributed by atoms with Gasteiger partial charge in [0.05, 0.1) is 11.5 Å². The van der Waals surface area contributed by atoms with Crippen LogP contribution in [0.25, 0.3) is 0 Å². The standard InChI is InChI=1S/C16H20N2O2/c1-13(14-8-4-2-5-9-14)17-18-16(19)12-20-15-10-6-3-7-11-15/h2,4-5,8-10H,3,6-7,11-12H2,1H3,(H,18,19). The van der Waals surface area contributed by atoms with E-state index >= 15 is 0 Å². The van der Waals surface area contributed by atoms with E-state index in [1.165, 1.54) is 6.42 Å². The second kappa shape index (κ2) is 7.48. The van der Waals surface area contributed by atoms with Gasteiger partial charge in [0.1, 0.15) is 0 Å². The van der Waals surface area contributed by atoms with Crippen LogP contribution in [0.3, 0.4) is 0 Å². The third-order valence-corrected chi connectivity index (χ3v) is 3.18. The highest BCUT2D eigenvalue weighted by Gasteiger charge is 2.07. The van der Waals surface area contributed by atoms with Crippen LogP contribution in [0.15, 0.2) is 47.3 Å². The van der Waals surface area contributed by atoms with Gasteiger partial charge in [0, 0.05) is 6.42 Å². The van der Waals surface area contributed by atoms with Crippen LogP contribution in [0.1, 0.15) is 38.2 Å². The van der Waals surface area contributed by atoms with E-state index < -0.39 is 0 Å². The molecule has 4 heteroatoms. The normalized spacial score (nSPS) is 15.4. The predicted octanol–water partition coefficient (Wildman–Crippen LogP) is 3.00. The molecule has 1 amide bonds. The summed E-state index contributed by atoms with van der Waals surface area (Å²) in [6.45, 7) is 1.89. The first-order chi connectivity index (χ1) is 9.75. The number of nitrogens with one attached hydrogen (secondary N) is 1. The number of hydrogen-bond acceptors (Lipinski definition) is 3. The van der Waals surface area contributed by atoms with Gasteiger partial charge in [-0.1, -0.05) is 30.3 Å². The number of allylic oxidation sites excluding steroid dienone is 2. The lowest BCUT2D eigenvalue weighted by Crippen LogP contribution is -2.24. The van der Waals surface area contributed by atoms with Gasteiger partial charge >= 0.3 is 0 Å². The fourth-order valence-electron chi connectivity index (χ4n) is 2.02. The molecule has 1 N–H and O–H groups in total. The van der Waals surface area contributed by atoms with Gasteiger partial charge in [-0.15, -0.1) is 0 Å². The van der Waals surface area contributed by atoms with Crippen molar-refractivity contribution < 1.29 is 9.53 Å². The van der Waals surface area contributed by atoms with Gasteiger partial charge in [-0.25, -0.2) is 5.43 Å². The minimum absolute atomic E-state index is 0.0252. The number of rotatable bonds is 5. The van der Waals surface area contributed by atoms with Crippen LogP contribution in [0.5, 0.6) is 0 Å². The van der Waals surface area contributed by atoms with Crippen molar-refractivity contribution in [3.8, 4) is 0 Å². The molecule has 2 rings (SSSR count). The Morgan fingerprint density at radius 3 is 2.80 bits per heavy atom. The molecular formula is C16H20N2O2. The molecule has 0 heterocycles. The van der Waals surface area contributed by atoms with Crippen molar-refractivity contribution in [3.63, 3.8) is 0 Å². The van der Waals surface area contributed by atoms with Crippen LogP contribution in [0, 0.1) is 0 Å². The monoisotopic (exact) mass is 272 g/mol. The zero-order valence-electron chi connectivity index (χ0n) is 11.8. The number of carbonyl (C=O) groups is 1. The highest BCUT2D eigenvalue weighted by molar-refractivity contribution is 5.99. The minimum atomic E-state index is -0.230. The summed E-state index contributed by atoms with van der Waals surface area (Å²) in [6.07, 6.45) is 6.38. The summed E-state index contributed by atoms with van der Waals surface area (Å²) in [5.74, 6) is 0.696. The smallest absolute Gasteiger partial charge is 0.277 e. The number of benzene rings is 1. The fraction of sp³-hybridized carbons (Fsp3) is 0.375. The Hall–Kier alpha value is -2.10. The van der Waals surface area contributed by atoms with Gasteiger partial charge in [0.15, 0.2) is 6.61 Å². The Balaban J connectivity index is 1.78. The molecule has 0 radical (unpaired) electrons. The van der Waals surface area contributed by atoms with E-state index in [1.54, 1.807) is 0 Å². The molecule has 0 spiro atoms. The van der Waals surface area contributed by atoms with E-state index in [9.17, 15) is 4.79 Å². The van der Waals surface area contributed by atoms with Crippen LogP contribution in [-0.4, -0.2) is 18.2 Å². The highest BCUT2D eigenvalue weighted by atomic mass is 16.5. The van der Waals surface area contributed by atoms with Crippen LogP contribution < -0.4 is 5.43 Å². The van der Waals surface area contributed by atoms with Crippen LogP contribution in [0.4, 0.5) is 0 Å². The Morgan fingerprint density at radius 2 is 2.10 bits per heavy atom. The Kier molecular flexibility index (Phi) is 5.35. The molecule has 0 bridgehead atoms. The van der Waals surface area contributed by atoms with Crippen molar-refractivity contribution in [2.75, 3.05) is 6.61 Å². The molecule has 0 saturated heterocycles. The largest absolute Gasteiger partial charge is 0.488 e. The molecule has 1 aliphatic carbocycles. The molecular weight excluding hydrogens is 252 g/mol. The number of carbonyl (C=O) groups excluding carboxylic acids is 1. The molecule has 1 aromatic rings. The number of hydrazone groups is 1. The summed E-state index contributed by atoms with van der Waals surface area (Å²) < 4.78 is 5.46. The molecule has 0 atom stereocenters. The summed E-state index contributed by atoms with van der Waals surface area (Å²) in [5, 5.41) is 4.08. The molecule has 20 heavy (non-hydrogen) atoms. The lowest BCUT2D eigenvalue weighted by atomic mass is 10.1. The van der Waals surface area contributed by atoms with Crippen LogP contribution in [0.2, 0.25) is 0 Å². The SMILES string of the molecule is CC(=NNC(=O)COC1=CCCCC1)c1ccccc1. The number of hydrogen-bond donors (Lipinski definition) is 1. The Labute approximate surface area is 119 Å². The number of amides is 1. The van der Waals surface area contributed by atoms with Crippen molar-refractivity contribution in [2.24, 2.45) is 5.10 Å². The van der Waals surface area contributed by atoms with Gasteiger partial charge in [-0.05, 0) is 37.8 Å². The summed E-state index contributed by atoms with van der Waals surface area (Å²) in [4.78, 5) is 11.7. The number of ether oxygens (including phenoxy) is 1. The zero-order chi connectivity index (χ0) is 14.2. The lowest BCUT2D eigenvalue weighted by molar-refractivity contribution is -0.124. The maximum atomic E-state index is 11.7. The molecule has 0 aliphatic heterocycles. The molecule has 106 valence electrons.